The van der Waals surface area contributed by atoms with Gasteiger partial charge in [-0.3, -0.25) is 0 Å². The molecule has 0 amide bonds. The lowest BCUT2D eigenvalue weighted by Crippen LogP contribution is -2.21. The van der Waals surface area contributed by atoms with Crippen molar-refractivity contribution in [3.8, 4) is 5.75 Å². The Hall–Kier alpha value is -0.100. The molecule has 0 saturated carbocycles. The summed E-state index contributed by atoms with van der Waals surface area (Å²) in [6.45, 7) is 5.72. The predicted octanol–water partition coefficient (Wildman–Crippen LogP) is 3.47. The van der Waals surface area contributed by atoms with Crippen molar-refractivity contribution in [2.24, 2.45) is 0 Å². The number of ether oxygens (including phenoxy) is 1. The lowest BCUT2D eigenvalue weighted by molar-refractivity contribution is 0.232. The minimum Gasteiger partial charge on any atom is -0.491 e. The first-order valence-corrected chi connectivity index (χ1v) is 7.58. The van der Waals surface area contributed by atoms with E-state index in [0.29, 0.717) is 19.1 Å². The molecule has 0 bridgehead atoms. The zero-order valence-corrected chi connectivity index (χ0v) is 13.8. The molecule has 1 aromatic rings. The summed E-state index contributed by atoms with van der Waals surface area (Å²) in [6.07, 6.45) is 0.634. The van der Waals surface area contributed by atoms with Crippen LogP contribution < -0.4 is 10.1 Å². The summed E-state index contributed by atoms with van der Waals surface area (Å²) in [6, 6.07) is 4.56. The van der Waals surface area contributed by atoms with E-state index in [4.69, 9.17) is 9.84 Å². The summed E-state index contributed by atoms with van der Waals surface area (Å²) in [4.78, 5) is 0. The summed E-state index contributed by atoms with van der Waals surface area (Å²) in [5.41, 5.74) is 1.19. The lowest BCUT2D eigenvalue weighted by Gasteiger charge is -2.13. The van der Waals surface area contributed by atoms with Gasteiger partial charge < -0.3 is 15.2 Å². The molecule has 5 heteroatoms. The third kappa shape index (κ3) is 5.26. The van der Waals surface area contributed by atoms with E-state index in [0.717, 1.165) is 21.2 Å². The van der Waals surface area contributed by atoms with Crippen LogP contribution in [0.15, 0.2) is 21.1 Å². The van der Waals surface area contributed by atoms with Crippen molar-refractivity contribution in [1.82, 2.24) is 5.32 Å². The second-order valence-electron chi connectivity index (χ2n) is 4.35. The Labute approximate surface area is 125 Å². The minimum atomic E-state index is 0.144. The van der Waals surface area contributed by atoms with E-state index >= 15 is 0 Å². The number of aliphatic hydroxyl groups excluding tert-OH is 1. The highest BCUT2D eigenvalue weighted by Gasteiger charge is 2.09. The van der Waals surface area contributed by atoms with Gasteiger partial charge in [0.25, 0.3) is 0 Å². The van der Waals surface area contributed by atoms with Crippen molar-refractivity contribution in [1.29, 1.82) is 0 Å². The van der Waals surface area contributed by atoms with Crippen LogP contribution in [0.3, 0.4) is 0 Å². The summed E-state index contributed by atoms with van der Waals surface area (Å²) in [5, 5.41) is 12.1. The van der Waals surface area contributed by atoms with E-state index in [1.165, 1.54) is 5.56 Å². The van der Waals surface area contributed by atoms with Crippen LogP contribution in [-0.2, 0) is 6.54 Å². The molecule has 0 atom stereocenters. The normalized spacial score (nSPS) is 11.0. The first-order chi connectivity index (χ1) is 8.54. The second kappa shape index (κ2) is 8.15. The van der Waals surface area contributed by atoms with E-state index < -0.39 is 0 Å². The topological polar surface area (TPSA) is 41.5 Å². The average molecular weight is 381 g/mol. The molecule has 0 aromatic heterocycles. The van der Waals surface area contributed by atoms with Gasteiger partial charge in [-0.25, -0.2) is 0 Å². The molecule has 1 rings (SSSR count). The summed E-state index contributed by atoms with van der Waals surface area (Å²) in [7, 11) is 0. The van der Waals surface area contributed by atoms with Crippen LogP contribution in [0.2, 0.25) is 0 Å². The number of hydrogen-bond acceptors (Lipinski definition) is 3. The maximum atomic E-state index is 8.74. The molecule has 0 fully saturated rings. The molecule has 0 spiro atoms. The highest BCUT2D eigenvalue weighted by Crippen LogP contribution is 2.34. The molecular weight excluding hydrogens is 362 g/mol. The highest BCUT2D eigenvalue weighted by molar-refractivity contribution is 9.11. The molecule has 0 unspecified atom stereocenters. The standard InChI is InChI=1S/C13H19Br2NO2/c1-9(2)16-8-10-6-11(14)13(12(15)7-10)18-5-3-4-17/h6-7,9,16-17H,3-5,8H2,1-2H3. The lowest BCUT2D eigenvalue weighted by atomic mass is 10.2. The van der Waals surface area contributed by atoms with Gasteiger partial charge in [0.2, 0.25) is 0 Å². The largest absolute Gasteiger partial charge is 0.491 e. The van der Waals surface area contributed by atoms with Crippen LogP contribution in [-0.4, -0.2) is 24.4 Å². The first-order valence-electron chi connectivity index (χ1n) is 5.99. The fourth-order valence-corrected chi connectivity index (χ4v) is 2.92. The van der Waals surface area contributed by atoms with Gasteiger partial charge in [-0.15, -0.1) is 0 Å². The average Bonchev–Trinajstić information content (AvgIpc) is 2.30. The fourth-order valence-electron chi connectivity index (χ4n) is 1.41. The van der Waals surface area contributed by atoms with Crippen LogP contribution in [0.4, 0.5) is 0 Å². The Balaban J connectivity index is 2.71. The SMILES string of the molecule is CC(C)NCc1cc(Br)c(OCCCO)c(Br)c1. The fraction of sp³-hybridized carbons (Fsp3) is 0.538. The molecular formula is C13H19Br2NO2. The molecule has 1 aromatic carbocycles. The third-order valence-corrected chi connectivity index (χ3v) is 3.50. The summed E-state index contributed by atoms with van der Waals surface area (Å²) in [5.74, 6) is 0.789. The van der Waals surface area contributed by atoms with E-state index in [9.17, 15) is 0 Å². The van der Waals surface area contributed by atoms with Crippen molar-refractivity contribution < 1.29 is 9.84 Å². The van der Waals surface area contributed by atoms with Gasteiger partial charge in [-0.2, -0.15) is 0 Å². The zero-order chi connectivity index (χ0) is 13.5. The van der Waals surface area contributed by atoms with Crippen molar-refractivity contribution in [3.05, 3.63) is 26.6 Å². The van der Waals surface area contributed by atoms with Gasteiger partial charge in [0.1, 0.15) is 5.75 Å². The quantitative estimate of drug-likeness (QED) is 0.711. The van der Waals surface area contributed by atoms with Crippen LogP contribution in [0.5, 0.6) is 5.75 Å². The van der Waals surface area contributed by atoms with Gasteiger partial charge in [-0.1, -0.05) is 13.8 Å². The van der Waals surface area contributed by atoms with Gasteiger partial charge in [0, 0.05) is 25.6 Å². The Bertz CT molecular complexity index is 360. The number of rotatable bonds is 7. The molecule has 0 heterocycles. The number of halogens is 2. The van der Waals surface area contributed by atoms with E-state index in [2.05, 4.69) is 63.2 Å². The van der Waals surface area contributed by atoms with Crippen molar-refractivity contribution >= 4 is 31.9 Å². The van der Waals surface area contributed by atoms with E-state index in [1.807, 2.05) is 0 Å². The maximum absolute atomic E-state index is 8.74. The van der Waals surface area contributed by atoms with E-state index in [1.54, 1.807) is 0 Å². The second-order valence-corrected chi connectivity index (χ2v) is 6.06. The van der Waals surface area contributed by atoms with Crippen LogP contribution in [0.25, 0.3) is 0 Å². The number of hydrogen-bond donors (Lipinski definition) is 2. The summed E-state index contributed by atoms with van der Waals surface area (Å²) >= 11 is 7.02. The van der Waals surface area contributed by atoms with Crippen LogP contribution in [0.1, 0.15) is 25.8 Å². The minimum absolute atomic E-state index is 0.144. The molecule has 0 radical (unpaired) electrons. The van der Waals surface area contributed by atoms with Crippen molar-refractivity contribution in [3.63, 3.8) is 0 Å². The molecule has 0 aliphatic rings. The smallest absolute Gasteiger partial charge is 0.147 e. The van der Waals surface area contributed by atoms with Crippen molar-refractivity contribution in [2.45, 2.75) is 32.9 Å². The molecule has 2 N–H and O–H groups in total. The van der Waals surface area contributed by atoms with Gasteiger partial charge >= 0.3 is 0 Å². The van der Waals surface area contributed by atoms with Gasteiger partial charge in [0.05, 0.1) is 15.6 Å². The molecule has 0 saturated heterocycles. The number of benzene rings is 1. The van der Waals surface area contributed by atoms with Gasteiger partial charge in [0.15, 0.2) is 0 Å². The molecule has 0 aliphatic heterocycles. The summed E-state index contributed by atoms with van der Waals surface area (Å²) < 4.78 is 7.47. The van der Waals surface area contributed by atoms with Crippen LogP contribution in [0, 0.1) is 0 Å². The number of nitrogens with one attached hydrogen (secondary N) is 1. The monoisotopic (exact) mass is 379 g/mol. The van der Waals surface area contributed by atoms with Crippen molar-refractivity contribution in [2.75, 3.05) is 13.2 Å². The third-order valence-electron chi connectivity index (χ3n) is 2.32. The Morgan fingerprint density at radius 3 is 2.39 bits per heavy atom. The van der Waals surface area contributed by atoms with E-state index in [-0.39, 0.29) is 6.61 Å². The maximum Gasteiger partial charge on any atom is 0.147 e. The van der Waals surface area contributed by atoms with Crippen LogP contribution >= 0.6 is 31.9 Å². The Morgan fingerprint density at radius 2 is 1.89 bits per heavy atom. The highest BCUT2D eigenvalue weighted by atomic mass is 79.9. The molecule has 102 valence electrons. The Morgan fingerprint density at radius 1 is 1.28 bits per heavy atom. The predicted molar refractivity (Wildman–Crippen MR) is 81.0 cm³/mol. The zero-order valence-electron chi connectivity index (χ0n) is 10.7. The Kier molecular flexibility index (Phi) is 7.22. The molecule has 18 heavy (non-hydrogen) atoms. The molecule has 0 aliphatic carbocycles. The number of aliphatic hydroxyl groups is 1. The first kappa shape index (κ1) is 16.0. The van der Waals surface area contributed by atoms with Gasteiger partial charge in [-0.05, 0) is 49.6 Å². The molecule has 3 nitrogen and oxygen atoms in total.